The summed E-state index contributed by atoms with van der Waals surface area (Å²) in [6, 6.07) is 0.149. The van der Waals surface area contributed by atoms with E-state index in [1.165, 1.54) is 12.8 Å². The van der Waals surface area contributed by atoms with Crippen LogP contribution in [0.5, 0.6) is 0 Å². The van der Waals surface area contributed by atoms with Crippen molar-refractivity contribution in [2.45, 2.75) is 51.0 Å². The highest BCUT2D eigenvalue weighted by molar-refractivity contribution is 7.89. The molecule has 1 aliphatic carbocycles. The monoisotopic (exact) mass is 273 g/mol. The molecule has 1 radical (unpaired) electrons. The molecule has 1 aliphatic heterocycles. The summed E-state index contributed by atoms with van der Waals surface area (Å²) in [5, 5.41) is 0. The fourth-order valence-electron chi connectivity index (χ4n) is 2.85. The molecular weight excluding hydrogens is 248 g/mol. The van der Waals surface area contributed by atoms with Crippen LogP contribution >= 0.6 is 0 Å². The highest BCUT2D eigenvalue weighted by atomic mass is 32.2. The molecule has 18 heavy (non-hydrogen) atoms. The fourth-order valence-corrected chi connectivity index (χ4v) is 4.20. The van der Waals surface area contributed by atoms with Crippen LogP contribution in [0.15, 0.2) is 0 Å². The Morgan fingerprint density at radius 2 is 2.00 bits per heavy atom. The Labute approximate surface area is 111 Å². The lowest BCUT2D eigenvalue weighted by Gasteiger charge is -2.22. The van der Waals surface area contributed by atoms with Crippen LogP contribution in [-0.2, 0) is 10.0 Å². The predicted molar refractivity (Wildman–Crippen MR) is 73.8 cm³/mol. The van der Waals surface area contributed by atoms with Crippen LogP contribution in [0.1, 0.15) is 44.9 Å². The first-order valence-electron chi connectivity index (χ1n) is 7.20. The molecule has 2 fully saturated rings. The molecule has 5 heteroatoms. The number of hydrogen-bond donors (Lipinski definition) is 1. The van der Waals surface area contributed by atoms with Crippen LogP contribution in [0, 0.1) is 6.42 Å². The minimum absolute atomic E-state index is 0.149. The second-order valence-electron chi connectivity index (χ2n) is 5.49. The van der Waals surface area contributed by atoms with Crippen LogP contribution in [0.25, 0.3) is 0 Å². The van der Waals surface area contributed by atoms with E-state index in [1.807, 2.05) is 0 Å². The summed E-state index contributed by atoms with van der Waals surface area (Å²) >= 11 is 0. The van der Waals surface area contributed by atoms with E-state index in [0.29, 0.717) is 0 Å². The molecule has 1 unspecified atom stereocenters. The minimum Gasteiger partial charge on any atom is -0.303 e. The smallest absolute Gasteiger partial charge is 0.211 e. The number of hydrogen-bond acceptors (Lipinski definition) is 3. The molecule has 2 rings (SSSR count). The second kappa shape index (κ2) is 6.87. The van der Waals surface area contributed by atoms with Gasteiger partial charge in [-0.05, 0) is 58.2 Å². The molecule has 1 heterocycles. The molecule has 4 nitrogen and oxygen atoms in total. The Morgan fingerprint density at radius 1 is 1.22 bits per heavy atom. The van der Waals surface area contributed by atoms with Gasteiger partial charge in [0, 0.05) is 6.04 Å². The maximum Gasteiger partial charge on any atom is 0.211 e. The molecular formula is C13H25N2O2S. The first-order valence-corrected chi connectivity index (χ1v) is 8.85. The van der Waals surface area contributed by atoms with Crippen molar-refractivity contribution < 1.29 is 8.42 Å². The molecule has 0 aromatic heterocycles. The average Bonchev–Trinajstić information content (AvgIpc) is 2.82. The average molecular weight is 273 g/mol. The van der Waals surface area contributed by atoms with Gasteiger partial charge in [-0.2, -0.15) is 0 Å². The molecule has 0 spiro atoms. The number of likely N-dealkylation sites (tertiary alicyclic amines) is 1. The van der Waals surface area contributed by atoms with E-state index in [-0.39, 0.29) is 11.8 Å². The lowest BCUT2D eigenvalue weighted by molar-refractivity contribution is 0.339. The van der Waals surface area contributed by atoms with Gasteiger partial charge in [0.15, 0.2) is 0 Å². The van der Waals surface area contributed by atoms with Gasteiger partial charge in [0.05, 0.1) is 5.75 Å². The number of rotatable bonds is 6. The molecule has 1 atom stereocenters. The third-order valence-corrected chi connectivity index (χ3v) is 5.36. The summed E-state index contributed by atoms with van der Waals surface area (Å²) < 4.78 is 26.7. The molecule has 0 aromatic rings. The predicted octanol–water partition coefficient (Wildman–Crippen LogP) is 1.54. The zero-order chi connectivity index (χ0) is 12.8. The molecule has 0 bridgehead atoms. The topological polar surface area (TPSA) is 49.4 Å². The number of nitrogens with one attached hydrogen (secondary N) is 1. The van der Waals surface area contributed by atoms with E-state index in [1.54, 1.807) is 0 Å². The lowest BCUT2D eigenvalue weighted by Crippen LogP contribution is -2.38. The lowest BCUT2D eigenvalue weighted by atomic mass is 9.96. The van der Waals surface area contributed by atoms with Crippen molar-refractivity contribution in [2.24, 2.45) is 0 Å². The maximum absolute atomic E-state index is 11.9. The van der Waals surface area contributed by atoms with Crippen LogP contribution in [0.4, 0.5) is 0 Å². The van der Waals surface area contributed by atoms with Crippen molar-refractivity contribution >= 4 is 10.0 Å². The van der Waals surface area contributed by atoms with Gasteiger partial charge < -0.3 is 4.90 Å². The van der Waals surface area contributed by atoms with Gasteiger partial charge in [-0.15, -0.1) is 0 Å². The van der Waals surface area contributed by atoms with Gasteiger partial charge in [0.2, 0.25) is 10.0 Å². The minimum atomic E-state index is -3.07. The Kier molecular flexibility index (Phi) is 5.45. The van der Waals surface area contributed by atoms with E-state index in [2.05, 4.69) is 16.0 Å². The third-order valence-electron chi connectivity index (χ3n) is 3.84. The molecule has 105 valence electrons. The van der Waals surface area contributed by atoms with Gasteiger partial charge in [0.1, 0.15) is 0 Å². The fraction of sp³-hybridized carbons (Fsp3) is 0.923. The van der Waals surface area contributed by atoms with E-state index in [4.69, 9.17) is 0 Å². The van der Waals surface area contributed by atoms with Crippen LogP contribution in [0.2, 0.25) is 0 Å². The first kappa shape index (κ1) is 14.3. The normalized spacial score (nSPS) is 23.6. The zero-order valence-electron chi connectivity index (χ0n) is 11.1. The summed E-state index contributed by atoms with van der Waals surface area (Å²) in [4.78, 5) is 2.36. The van der Waals surface area contributed by atoms with Crippen molar-refractivity contribution in [3.05, 3.63) is 6.42 Å². The zero-order valence-corrected chi connectivity index (χ0v) is 11.9. The quantitative estimate of drug-likeness (QED) is 0.798. The van der Waals surface area contributed by atoms with Crippen molar-refractivity contribution in [2.75, 3.05) is 25.4 Å². The Balaban J connectivity index is 1.66. The Morgan fingerprint density at radius 3 is 2.67 bits per heavy atom. The summed E-state index contributed by atoms with van der Waals surface area (Å²) in [7, 11) is -3.07. The maximum atomic E-state index is 11.9. The second-order valence-corrected chi connectivity index (χ2v) is 7.36. The van der Waals surface area contributed by atoms with E-state index < -0.39 is 10.0 Å². The molecule has 2 aliphatic rings. The van der Waals surface area contributed by atoms with Crippen molar-refractivity contribution in [1.82, 2.24) is 9.62 Å². The Bertz CT molecular complexity index is 331. The molecule has 1 saturated heterocycles. The van der Waals surface area contributed by atoms with Gasteiger partial charge in [-0.3, -0.25) is 0 Å². The Hall–Kier alpha value is -0.130. The van der Waals surface area contributed by atoms with Gasteiger partial charge in [0.25, 0.3) is 0 Å². The third kappa shape index (κ3) is 4.86. The summed E-state index contributed by atoms with van der Waals surface area (Å²) in [6.07, 6.45) is 9.61. The van der Waals surface area contributed by atoms with E-state index >= 15 is 0 Å². The largest absolute Gasteiger partial charge is 0.303 e. The molecule has 1 saturated carbocycles. The molecule has 0 amide bonds. The number of sulfonamides is 1. The van der Waals surface area contributed by atoms with Crippen LogP contribution < -0.4 is 4.72 Å². The number of nitrogens with zero attached hydrogens (tertiary/aromatic N) is 1. The standard InChI is InChI=1S/C13H25N2O2S/c16-18(17,14-13-7-2-1-3-8-13)12-6-11-15-9-4-5-10-15/h2,13-14H,1,3-12H2. The summed E-state index contributed by atoms with van der Waals surface area (Å²) in [6.45, 7) is 3.22. The van der Waals surface area contributed by atoms with Crippen molar-refractivity contribution in [1.29, 1.82) is 0 Å². The van der Waals surface area contributed by atoms with Crippen molar-refractivity contribution in [3.63, 3.8) is 0 Å². The highest BCUT2D eigenvalue weighted by Crippen LogP contribution is 2.17. The molecule has 1 N–H and O–H groups in total. The van der Waals surface area contributed by atoms with Crippen molar-refractivity contribution in [3.8, 4) is 0 Å². The van der Waals surface area contributed by atoms with E-state index in [9.17, 15) is 8.42 Å². The van der Waals surface area contributed by atoms with Gasteiger partial charge >= 0.3 is 0 Å². The van der Waals surface area contributed by atoms with Gasteiger partial charge in [-0.1, -0.05) is 12.8 Å². The van der Waals surface area contributed by atoms with E-state index in [0.717, 1.165) is 51.7 Å². The highest BCUT2D eigenvalue weighted by Gasteiger charge is 2.20. The first-order chi connectivity index (χ1) is 8.66. The van der Waals surface area contributed by atoms with Crippen LogP contribution in [-0.4, -0.2) is 44.7 Å². The van der Waals surface area contributed by atoms with Gasteiger partial charge in [-0.25, -0.2) is 13.1 Å². The summed E-state index contributed by atoms with van der Waals surface area (Å²) in [5.41, 5.74) is 0. The molecule has 0 aromatic carbocycles. The SMILES string of the molecule is O=S(=O)(CCCN1CCCC1)NC1C[CH]CCC1. The van der Waals surface area contributed by atoms with Crippen LogP contribution in [0.3, 0.4) is 0 Å². The summed E-state index contributed by atoms with van der Waals surface area (Å²) in [5.74, 6) is 0.278.